The largest absolute Gasteiger partial charge is 0.300 e. The Morgan fingerprint density at radius 1 is 1.12 bits per heavy atom. The third kappa shape index (κ3) is 1.28. The molecule has 5 rings (SSSR count). The van der Waals surface area contributed by atoms with Crippen molar-refractivity contribution < 1.29 is 0 Å². The molecule has 2 unspecified atom stereocenters. The lowest BCUT2D eigenvalue weighted by atomic mass is 9.47. The first kappa shape index (κ1) is 11.3. The van der Waals surface area contributed by atoms with Gasteiger partial charge in [-0.3, -0.25) is 4.90 Å². The Bertz CT molecular complexity index is 276. The molecule has 0 aromatic carbocycles. The normalized spacial score (nSPS) is 53.8. The van der Waals surface area contributed by atoms with E-state index >= 15 is 0 Å². The molecule has 0 radical (unpaired) electrons. The lowest BCUT2D eigenvalue weighted by Gasteiger charge is -2.60. The van der Waals surface area contributed by atoms with Gasteiger partial charge in [-0.2, -0.15) is 0 Å². The summed E-state index contributed by atoms with van der Waals surface area (Å²) in [6.07, 6.45) is 9.49. The zero-order valence-electron chi connectivity index (χ0n) is 10.3. The Kier molecular flexibility index (Phi) is 2.57. The summed E-state index contributed by atoms with van der Waals surface area (Å²) in [5.74, 6) is 3.37. The zero-order valence-corrected chi connectivity index (χ0v) is 11.1. The summed E-state index contributed by atoms with van der Waals surface area (Å²) < 4.78 is 0. The predicted octanol–water partition coefficient (Wildman–Crippen LogP) is 3.33. The van der Waals surface area contributed by atoms with Gasteiger partial charge in [0.05, 0.1) is 0 Å². The first-order valence-corrected chi connectivity index (χ1v) is 7.05. The molecule has 5 fully saturated rings. The number of hydrogen-bond donors (Lipinski definition) is 0. The first-order valence-electron chi connectivity index (χ1n) is 7.05. The standard InChI is InChI=1S/C14H23N.ClH/c1-2-15-4-3-14-8-10-5-11(9-14)7-12(6-10)13(14)15;/h10-13H,2-9H2,1H3;1H/t10-,11+,12?,13-,14?;/m0./s1. The Morgan fingerprint density at radius 3 is 2.44 bits per heavy atom. The molecule has 5 aliphatic rings. The van der Waals surface area contributed by atoms with E-state index in [-0.39, 0.29) is 12.4 Å². The van der Waals surface area contributed by atoms with Gasteiger partial charge in [0, 0.05) is 6.04 Å². The van der Waals surface area contributed by atoms with E-state index in [0.29, 0.717) is 0 Å². The average molecular weight is 242 g/mol. The fourth-order valence-electron chi connectivity index (χ4n) is 6.08. The second-order valence-corrected chi connectivity index (χ2v) is 6.79. The molecule has 0 aromatic rings. The molecule has 0 N–H and O–H groups in total. The third-order valence-electron chi connectivity index (χ3n) is 6.10. The van der Waals surface area contributed by atoms with Crippen LogP contribution in [0, 0.1) is 23.2 Å². The monoisotopic (exact) mass is 241 g/mol. The van der Waals surface area contributed by atoms with Gasteiger partial charge in [0.2, 0.25) is 0 Å². The fraction of sp³-hybridized carbons (Fsp3) is 1.00. The Morgan fingerprint density at radius 2 is 1.81 bits per heavy atom. The molecule has 2 heteroatoms. The van der Waals surface area contributed by atoms with Gasteiger partial charge in [0.15, 0.2) is 0 Å². The molecule has 1 aliphatic heterocycles. The van der Waals surface area contributed by atoms with Gasteiger partial charge in [-0.1, -0.05) is 6.92 Å². The zero-order chi connectivity index (χ0) is 10.0. The van der Waals surface area contributed by atoms with Crippen LogP contribution in [-0.4, -0.2) is 24.0 Å². The summed E-state index contributed by atoms with van der Waals surface area (Å²) in [4.78, 5) is 2.82. The van der Waals surface area contributed by atoms with Gasteiger partial charge < -0.3 is 0 Å². The van der Waals surface area contributed by atoms with E-state index in [1.807, 2.05) is 0 Å². The van der Waals surface area contributed by atoms with Gasteiger partial charge in [0.25, 0.3) is 0 Å². The van der Waals surface area contributed by atoms with E-state index in [0.717, 1.165) is 29.2 Å². The van der Waals surface area contributed by atoms with Gasteiger partial charge >= 0.3 is 0 Å². The van der Waals surface area contributed by atoms with Crippen LogP contribution >= 0.6 is 12.4 Å². The summed E-state index contributed by atoms with van der Waals surface area (Å²) in [5.41, 5.74) is 0.810. The van der Waals surface area contributed by atoms with E-state index in [4.69, 9.17) is 0 Å². The van der Waals surface area contributed by atoms with Crippen LogP contribution in [0.1, 0.15) is 45.4 Å². The maximum absolute atomic E-state index is 2.82. The van der Waals surface area contributed by atoms with Gasteiger partial charge in [0.1, 0.15) is 0 Å². The number of rotatable bonds is 1. The molecule has 0 aromatic heterocycles. The summed E-state index contributed by atoms with van der Waals surface area (Å²) in [6, 6.07) is 1.01. The van der Waals surface area contributed by atoms with Crippen LogP contribution < -0.4 is 0 Å². The minimum atomic E-state index is 0. The predicted molar refractivity (Wildman–Crippen MR) is 68.9 cm³/mol. The smallest absolute Gasteiger partial charge is 0.0181 e. The molecule has 4 saturated carbocycles. The molecular weight excluding hydrogens is 218 g/mol. The minimum Gasteiger partial charge on any atom is -0.300 e. The second-order valence-electron chi connectivity index (χ2n) is 6.79. The molecule has 1 spiro atoms. The number of halogens is 1. The van der Waals surface area contributed by atoms with Crippen LogP contribution in [-0.2, 0) is 0 Å². The van der Waals surface area contributed by atoms with E-state index in [2.05, 4.69) is 11.8 Å². The highest BCUT2D eigenvalue weighted by atomic mass is 35.5. The second kappa shape index (κ2) is 3.62. The molecular formula is C14H24ClN. The highest BCUT2D eigenvalue weighted by molar-refractivity contribution is 5.85. The molecule has 4 bridgehead atoms. The van der Waals surface area contributed by atoms with Crippen molar-refractivity contribution in [3.05, 3.63) is 0 Å². The summed E-state index contributed by atoms with van der Waals surface area (Å²) in [5, 5.41) is 0. The summed E-state index contributed by atoms with van der Waals surface area (Å²) in [6.45, 7) is 5.08. The van der Waals surface area contributed by atoms with Gasteiger partial charge in [-0.15, -0.1) is 12.4 Å². The highest BCUT2D eigenvalue weighted by Crippen LogP contribution is 2.64. The third-order valence-corrected chi connectivity index (χ3v) is 6.10. The fourth-order valence-corrected chi connectivity index (χ4v) is 6.08. The van der Waals surface area contributed by atoms with Crippen molar-refractivity contribution in [1.82, 2.24) is 4.90 Å². The Hall–Kier alpha value is 0.250. The van der Waals surface area contributed by atoms with Crippen LogP contribution in [0.15, 0.2) is 0 Å². The quantitative estimate of drug-likeness (QED) is 0.681. The number of likely N-dealkylation sites (tertiary alicyclic amines) is 1. The van der Waals surface area contributed by atoms with E-state index in [1.165, 1.54) is 19.5 Å². The van der Waals surface area contributed by atoms with Crippen LogP contribution in [0.25, 0.3) is 0 Å². The van der Waals surface area contributed by atoms with E-state index < -0.39 is 0 Å². The molecule has 92 valence electrons. The SMILES string of the molecule is CCN1CCC23C[C@@H]4CC(C[C@@H](C4)C2)[C@H]13.Cl. The van der Waals surface area contributed by atoms with Crippen LogP contribution in [0.3, 0.4) is 0 Å². The van der Waals surface area contributed by atoms with Crippen molar-refractivity contribution >= 4 is 12.4 Å². The maximum Gasteiger partial charge on any atom is 0.0181 e. The average Bonchev–Trinajstić information content (AvgIpc) is 2.55. The van der Waals surface area contributed by atoms with Crippen LogP contribution in [0.5, 0.6) is 0 Å². The molecule has 4 aliphatic carbocycles. The van der Waals surface area contributed by atoms with Crippen LogP contribution in [0.4, 0.5) is 0 Å². The Labute approximate surface area is 105 Å². The first-order chi connectivity index (χ1) is 7.31. The molecule has 5 atom stereocenters. The van der Waals surface area contributed by atoms with Crippen LogP contribution in [0.2, 0.25) is 0 Å². The topological polar surface area (TPSA) is 3.24 Å². The Balaban J connectivity index is 0.000000810. The summed E-state index contributed by atoms with van der Waals surface area (Å²) >= 11 is 0. The lowest BCUT2D eigenvalue weighted by molar-refractivity contribution is -0.0900. The molecule has 1 heterocycles. The lowest BCUT2D eigenvalue weighted by Crippen LogP contribution is -2.57. The van der Waals surface area contributed by atoms with Crippen molar-refractivity contribution in [1.29, 1.82) is 0 Å². The minimum absolute atomic E-state index is 0. The van der Waals surface area contributed by atoms with E-state index in [9.17, 15) is 0 Å². The molecule has 1 nitrogen and oxygen atoms in total. The van der Waals surface area contributed by atoms with Crippen molar-refractivity contribution in [2.45, 2.75) is 51.5 Å². The molecule has 0 amide bonds. The number of nitrogens with zero attached hydrogens (tertiary/aromatic N) is 1. The number of hydrogen-bond acceptors (Lipinski definition) is 1. The van der Waals surface area contributed by atoms with Crippen molar-refractivity contribution in [2.24, 2.45) is 23.2 Å². The van der Waals surface area contributed by atoms with Crippen molar-refractivity contribution in [3.8, 4) is 0 Å². The molecule has 1 saturated heterocycles. The van der Waals surface area contributed by atoms with Crippen molar-refractivity contribution in [3.63, 3.8) is 0 Å². The molecule has 16 heavy (non-hydrogen) atoms. The summed E-state index contributed by atoms with van der Waals surface area (Å²) in [7, 11) is 0. The van der Waals surface area contributed by atoms with Gasteiger partial charge in [-0.25, -0.2) is 0 Å². The maximum atomic E-state index is 2.82. The van der Waals surface area contributed by atoms with Gasteiger partial charge in [-0.05, 0) is 74.8 Å². The van der Waals surface area contributed by atoms with E-state index in [1.54, 1.807) is 32.1 Å². The highest BCUT2D eigenvalue weighted by Gasteiger charge is 2.60. The van der Waals surface area contributed by atoms with Crippen molar-refractivity contribution in [2.75, 3.05) is 13.1 Å².